The van der Waals surface area contributed by atoms with Crippen LogP contribution in [0.2, 0.25) is 0 Å². The lowest BCUT2D eigenvalue weighted by atomic mass is 10.2. The minimum absolute atomic E-state index is 0.0122. The lowest BCUT2D eigenvalue weighted by molar-refractivity contribution is 0.101. The topological polar surface area (TPSA) is 44.1 Å². The highest BCUT2D eigenvalue weighted by Gasteiger charge is 2.18. The minimum atomic E-state index is 0.0122. The number of hydrogen-bond donors (Lipinski definition) is 0. The van der Waals surface area contributed by atoms with Crippen LogP contribution in [0.3, 0.4) is 0 Å². The van der Waals surface area contributed by atoms with E-state index in [1.165, 1.54) is 6.92 Å². The van der Waals surface area contributed by atoms with Crippen molar-refractivity contribution in [1.82, 2.24) is 9.78 Å². The standard InChI is InChI=1S/C8H10N2O2/c1-6(11)7-5-9-10-3-2-4-12-8(7)10/h5H,2-4H2,1H3. The monoisotopic (exact) mass is 166 g/mol. The Morgan fingerprint density at radius 2 is 2.58 bits per heavy atom. The summed E-state index contributed by atoms with van der Waals surface area (Å²) in [4.78, 5) is 11.0. The molecule has 4 nitrogen and oxygen atoms in total. The SMILES string of the molecule is CC(=O)c1cnn2c1OCCC2. The van der Waals surface area contributed by atoms with E-state index >= 15 is 0 Å². The van der Waals surface area contributed by atoms with Crippen molar-refractivity contribution in [3.63, 3.8) is 0 Å². The molecule has 0 unspecified atom stereocenters. The third-order valence-electron chi connectivity index (χ3n) is 1.92. The molecule has 0 aromatic carbocycles. The van der Waals surface area contributed by atoms with Gasteiger partial charge in [-0.25, -0.2) is 4.68 Å². The molecular formula is C8H10N2O2. The zero-order valence-electron chi connectivity index (χ0n) is 6.91. The van der Waals surface area contributed by atoms with Crippen LogP contribution in [0.15, 0.2) is 6.20 Å². The van der Waals surface area contributed by atoms with Crippen molar-refractivity contribution in [2.45, 2.75) is 19.9 Å². The summed E-state index contributed by atoms with van der Waals surface area (Å²) < 4.78 is 7.07. The van der Waals surface area contributed by atoms with E-state index in [-0.39, 0.29) is 5.78 Å². The molecule has 1 aliphatic rings. The number of aryl methyl sites for hydroxylation is 1. The fraction of sp³-hybridized carbons (Fsp3) is 0.500. The average Bonchev–Trinajstić information content (AvgIpc) is 2.47. The molecule has 1 aromatic heterocycles. The summed E-state index contributed by atoms with van der Waals surface area (Å²) in [5.74, 6) is 0.645. The molecule has 1 aromatic rings. The molecule has 0 saturated carbocycles. The molecule has 64 valence electrons. The maximum atomic E-state index is 11.0. The largest absolute Gasteiger partial charge is 0.477 e. The Hall–Kier alpha value is -1.32. The van der Waals surface area contributed by atoms with Gasteiger partial charge in [0.2, 0.25) is 5.88 Å². The lowest BCUT2D eigenvalue weighted by Crippen LogP contribution is -2.15. The molecule has 0 saturated heterocycles. The van der Waals surface area contributed by atoms with Crippen molar-refractivity contribution in [2.24, 2.45) is 0 Å². The molecular weight excluding hydrogens is 156 g/mol. The number of fused-ring (bicyclic) bond motifs is 1. The number of rotatable bonds is 1. The van der Waals surface area contributed by atoms with Gasteiger partial charge in [-0.05, 0) is 6.92 Å². The van der Waals surface area contributed by atoms with E-state index in [0.717, 1.165) is 13.0 Å². The van der Waals surface area contributed by atoms with Crippen LogP contribution < -0.4 is 4.74 Å². The molecule has 0 amide bonds. The number of carbonyl (C=O) groups excluding carboxylic acids is 1. The van der Waals surface area contributed by atoms with E-state index in [0.29, 0.717) is 18.1 Å². The minimum Gasteiger partial charge on any atom is -0.477 e. The highest BCUT2D eigenvalue weighted by Crippen LogP contribution is 2.22. The van der Waals surface area contributed by atoms with Crippen LogP contribution in [0.1, 0.15) is 23.7 Å². The summed E-state index contributed by atoms with van der Waals surface area (Å²) >= 11 is 0. The third kappa shape index (κ3) is 0.995. The van der Waals surface area contributed by atoms with Gasteiger partial charge >= 0.3 is 0 Å². The summed E-state index contributed by atoms with van der Waals surface area (Å²) in [6.45, 7) is 3.06. The molecule has 2 heterocycles. The first-order valence-corrected chi connectivity index (χ1v) is 3.98. The van der Waals surface area contributed by atoms with E-state index in [4.69, 9.17) is 4.74 Å². The number of nitrogens with zero attached hydrogens (tertiary/aromatic N) is 2. The van der Waals surface area contributed by atoms with Gasteiger partial charge in [0.25, 0.3) is 0 Å². The van der Waals surface area contributed by atoms with E-state index < -0.39 is 0 Å². The first-order chi connectivity index (χ1) is 5.79. The summed E-state index contributed by atoms with van der Waals surface area (Å²) in [6, 6.07) is 0. The molecule has 12 heavy (non-hydrogen) atoms. The van der Waals surface area contributed by atoms with Crippen LogP contribution in [0.5, 0.6) is 5.88 Å². The number of hydrogen-bond acceptors (Lipinski definition) is 3. The van der Waals surface area contributed by atoms with Crippen molar-refractivity contribution in [3.05, 3.63) is 11.8 Å². The summed E-state index contributed by atoms with van der Waals surface area (Å²) in [5, 5.41) is 4.05. The van der Waals surface area contributed by atoms with E-state index in [1.807, 2.05) is 0 Å². The summed E-state index contributed by atoms with van der Waals surface area (Å²) in [6.07, 6.45) is 2.54. The van der Waals surface area contributed by atoms with Gasteiger partial charge in [-0.1, -0.05) is 0 Å². The van der Waals surface area contributed by atoms with Gasteiger partial charge in [-0.2, -0.15) is 5.10 Å². The Bertz CT molecular complexity index is 317. The van der Waals surface area contributed by atoms with Crippen molar-refractivity contribution in [3.8, 4) is 5.88 Å². The molecule has 0 aliphatic carbocycles. The Labute approximate surface area is 70.1 Å². The zero-order chi connectivity index (χ0) is 8.55. The molecule has 0 atom stereocenters. The van der Waals surface area contributed by atoms with Crippen LogP contribution in [0.25, 0.3) is 0 Å². The van der Waals surface area contributed by atoms with Gasteiger partial charge < -0.3 is 4.74 Å². The third-order valence-corrected chi connectivity index (χ3v) is 1.92. The van der Waals surface area contributed by atoms with Crippen LogP contribution >= 0.6 is 0 Å². The van der Waals surface area contributed by atoms with Crippen LogP contribution in [0.4, 0.5) is 0 Å². The molecule has 0 radical (unpaired) electrons. The molecule has 4 heteroatoms. The van der Waals surface area contributed by atoms with Crippen LogP contribution in [0, 0.1) is 0 Å². The predicted octanol–water partition coefficient (Wildman–Crippen LogP) is 0.868. The second kappa shape index (κ2) is 2.62. The summed E-state index contributed by atoms with van der Waals surface area (Å²) in [5.41, 5.74) is 0.592. The molecule has 0 fully saturated rings. The maximum Gasteiger partial charge on any atom is 0.222 e. The van der Waals surface area contributed by atoms with Gasteiger partial charge in [-0.15, -0.1) is 0 Å². The van der Waals surface area contributed by atoms with Gasteiger partial charge in [0.1, 0.15) is 0 Å². The Kier molecular flexibility index (Phi) is 1.60. The number of carbonyl (C=O) groups is 1. The fourth-order valence-corrected chi connectivity index (χ4v) is 1.31. The number of ether oxygens (including phenoxy) is 1. The lowest BCUT2D eigenvalue weighted by Gasteiger charge is -2.15. The Morgan fingerprint density at radius 3 is 3.33 bits per heavy atom. The normalized spacial score (nSPS) is 15.1. The van der Waals surface area contributed by atoms with E-state index in [1.54, 1.807) is 10.9 Å². The second-order valence-electron chi connectivity index (χ2n) is 2.84. The fourth-order valence-electron chi connectivity index (χ4n) is 1.31. The van der Waals surface area contributed by atoms with Gasteiger partial charge in [-0.3, -0.25) is 4.79 Å². The number of aromatic nitrogens is 2. The van der Waals surface area contributed by atoms with E-state index in [2.05, 4.69) is 5.10 Å². The highest BCUT2D eigenvalue weighted by molar-refractivity contribution is 5.96. The van der Waals surface area contributed by atoms with Crippen LogP contribution in [-0.4, -0.2) is 22.2 Å². The predicted molar refractivity (Wildman–Crippen MR) is 42.3 cm³/mol. The Morgan fingerprint density at radius 1 is 1.75 bits per heavy atom. The van der Waals surface area contributed by atoms with Gasteiger partial charge in [0.05, 0.1) is 18.4 Å². The summed E-state index contributed by atoms with van der Waals surface area (Å²) in [7, 11) is 0. The molecule has 1 aliphatic heterocycles. The molecule has 0 bridgehead atoms. The molecule has 0 N–H and O–H groups in total. The van der Waals surface area contributed by atoms with Crippen LogP contribution in [-0.2, 0) is 6.54 Å². The smallest absolute Gasteiger partial charge is 0.222 e. The molecule has 2 rings (SSSR count). The quantitative estimate of drug-likeness (QED) is 0.581. The first kappa shape index (κ1) is 7.34. The van der Waals surface area contributed by atoms with E-state index in [9.17, 15) is 4.79 Å². The second-order valence-corrected chi connectivity index (χ2v) is 2.84. The molecule has 0 spiro atoms. The number of ketones is 1. The first-order valence-electron chi connectivity index (χ1n) is 3.98. The average molecular weight is 166 g/mol. The van der Waals surface area contributed by atoms with Crippen molar-refractivity contribution >= 4 is 5.78 Å². The van der Waals surface area contributed by atoms with Crippen molar-refractivity contribution < 1.29 is 9.53 Å². The van der Waals surface area contributed by atoms with Crippen molar-refractivity contribution in [1.29, 1.82) is 0 Å². The maximum absolute atomic E-state index is 11.0. The van der Waals surface area contributed by atoms with Crippen molar-refractivity contribution in [2.75, 3.05) is 6.61 Å². The number of Topliss-reactive ketones (excluding diaryl/α,β-unsaturated/α-hetero) is 1. The van der Waals surface area contributed by atoms with Gasteiger partial charge in [0.15, 0.2) is 5.78 Å². The highest BCUT2D eigenvalue weighted by atomic mass is 16.5. The van der Waals surface area contributed by atoms with Gasteiger partial charge in [0, 0.05) is 13.0 Å². The zero-order valence-corrected chi connectivity index (χ0v) is 6.91. The Balaban J connectivity index is 2.44.